The number of aliphatic hydroxyl groups is 1. The van der Waals surface area contributed by atoms with E-state index in [0.29, 0.717) is 18.0 Å². The van der Waals surface area contributed by atoms with Crippen LogP contribution >= 0.6 is 0 Å². The number of hydrogen-bond acceptors (Lipinski definition) is 3. The molecule has 0 amide bonds. The van der Waals surface area contributed by atoms with Gasteiger partial charge in [-0.3, -0.25) is 4.90 Å². The molecule has 2 rings (SSSR count). The summed E-state index contributed by atoms with van der Waals surface area (Å²) in [5, 5.41) is 13.7. The molecule has 2 fully saturated rings. The van der Waals surface area contributed by atoms with Crippen molar-refractivity contribution < 1.29 is 5.11 Å². The highest BCUT2D eigenvalue weighted by Gasteiger charge is 2.46. The highest BCUT2D eigenvalue weighted by Crippen LogP contribution is 2.41. The molecule has 2 atom stereocenters. The molecule has 1 aliphatic carbocycles. The zero-order chi connectivity index (χ0) is 13.9. The van der Waals surface area contributed by atoms with Gasteiger partial charge in [-0.1, -0.05) is 26.7 Å². The van der Waals surface area contributed by atoms with Crippen LogP contribution in [0.25, 0.3) is 0 Å². The fourth-order valence-corrected chi connectivity index (χ4v) is 3.66. The summed E-state index contributed by atoms with van der Waals surface area (Å²) in [5.41, 5.74) is -0.0627. The lowest BCUT2D eigenvalue weighted by atomic mass is 9.91. The zero-order valence-corrected chi connectivity index (χ0v) is 13.0. The van der Waals surface area contributed by atoms with Crippen LogP contribution in [-0.2, 0) is 0 Å². The Bertz CT molecular complexity index is 278. The molecule has 19 heavy (non-hydrogen) atoms. The highest BCUT2D eigenvalue weighted by atomic mass is 16.3. The third kappa shape index (κ3) is 3.93. The molecular formula is C16H32N2O. The van der Waals surface area contributed by atoms with E-state index in [1.807, 2.05) is 0 Å². The number of nitrogens with zero attached hydrogens (tertiary/aromatic N) is 1. The number of likely N-dealkylation sites (tertiary alicyclic amines) is 1. The van der Waals surface area contributed by atoms with Gasteiger partial charge in [0.25, 0.3) is 0 Å². The maximum atomic E-state index is 10.0. The summed E-state index contributed by atoms with van der Waals surface area (Å²) in [4.78, 5) is 2.62. The Hall–Kier alpha value is -0.120. The lowest BCUT2D eigenvalue weighted by molar-refractivity contribution is 0.0686. The molecule has 1 heterocycles. The van der Waals surface area contributed by atoms with Crippen LogP contribution in [0.3, 0.4) is 0 Å². The van der Waals surface area contributed by atoms with Crippen LogP contribution < -0.4 is 5.32 Å². The van der Waals surface area contributed by atoms with Gasteiger partial charge >= 0.3 is 0 Å². The van der Waals surface area contributed by atoms with Gasteiger partial charge < -0.3 is 10.4 Å². The number of aliphatic hydroxyl groups excluding tert-OH is 1. The van der Waals surface area contributed by atoms with Crippen molar-refractivity contribution in [1.29, 1.82) is 0 Å². The second kappa shape index (κ2) is 6.55. The van der Waals surface area contributed by atoms with Crippen molar-refractivity contribution in [3.05, 3.63) is 0 Å². The molecule has 0 aromatic rings. The average molecular weight is 268 g/mol. The average Bonchev–Trinajstić information content (AvgIpc) is 3.18. The zero-order valence-electron chi connectivity index (χ0n) is 13.0. The SMILES string of the molecule is CC(C)NC(CO)(CN1CCCCCC1C)C1CC1. The lowest BCUT2D eigenvalue weighted by Crippen LogP contribution is -2.61. The van der Waals surface area contributed by atoms with Gasteiger partial charge in [-0.25, -0.2) is 0 Å². The highest BCUT2D eigenvalue weighted by molar-refractivity contribution is 5.04. The van der Waals surface area contributed by atoms with Crippen LogP contribution in [0.2, 0.25) is 0 Å². The van der Waals surface area contributed by atoms with Gasteiger partial charge in [-0.15, -0.1) is 0 Å². The van der Waals surface area contributed by atoms with Crippen LogP contribution in [0.15, 0.2) is 0 Å². The molecule has 112 valence electrons. The van der Waals surface area contributed by atoms with E-state index in [1.165, 1.54) is 45.1 Å². The summed E-state index contributed by atoms with van der Waals surface area (Å²) in [6.45, 7) is 9.25. The first kappa shape index (κ1) is 15.3. The van der Waals surface area contributed by atoms with Crippen molar-refractivity contribution in [2.24, 2.45) is 5.92 Å². The normalized spacial score (nSPS) is 29.2. The molecule has 3 heteroatoms. The molecule has 0 radical (unpaired) electrons. The molecule has 1 saturated carbocycles. The third-order valence-corrected chi connectivity index (χ3v) is 4.89. The molecule has 2 aliphatic rings. The first-order valence-electron chi connectivity index (χ1n) is 8.20. The Labute approximate surface area is 118 Å². The molecule has 2 unspecified atom stereocenters. The Balaban J connectivity index is 2.05. The van der Waals surface area contributed by atoms with Crippen molar-refractivity contribution >= 4 is 0 Å². The number of nitrogens with one attached hydrogen (secondary N) is 1. The number of rotatable bonds is 6. The second-order valence-electron chi connectivity index (χ2n) is 7.06. The van der Waals surface area contributed by atoms with Crippen molar-refractivity contribution in [3.63, 3.8) is 0 Å². The van der Waals surface area contributed by atoms with Crippen LogP contribution in [0.5, 0.6) is 0 Å². The van der Waals surface area contributed by atoms with Gasteiger partial charge in [-0.2, -0.15) is 0 Å². The predicted molar refractivity (Wildman–Crippen MR) is 80.3 cm³/mol. The maximum absolute atomic E-state index is 10.0. The number of hydrogen-bond donors (Lipinski definition) is 2. The minimum atomic E-state index is -0.0627. The van der Waals surface area contributed by atoms with Crippen molar-refractivity contribution in [2.75, 3.05) is 19.7 Å². The summed E-state index contributed by atoms with van der Waals surface area (Å²) in [5.74, 6) is 0.676. The van der Waals surface area contributed by atoms with Gasteiger partial charge in [-0.05, 0) is 45.1 Å². The van der Waals surface area contributed by atoms with Crippen LogP contribution in [0.4, 0.5) is 0 Å². The van der Waals surface area contributed by atoms with Gasteiger partial charge in [0.15, 0.2) is 0 Å². The van der Waals surface area contributed by atoms with E-state index < -0.39 is 0 Å². The summed E-state index contributed by atoms with van der Waals surface area (Å²) in [6.07, 6.45) is 7.93. The van der Waals surface area contributed by atoms with E-state index in [0.717, 1.165) is 6.54 Å². The van der Waals surface area contributed by atoms with E-state index in [2.05, 4.69) is 31.0 Å². The first-order chi connectivity index (χ1) is 9.07. The monoisotopic (exact) mass is 268 g/mol. The molecule has 2 N–H and O–H groups in total. The standard InChI is InChI=1S/C16H32N2O/c1-13(2)17-16(12-19,15-8-9-15)11-18-10-6-4-5-7-14(18)3/h13-15,17,19H,4-12H2,1-3H3. The van der Waals surface area contributed by atoms with Crippen molar-refractivity contribution in [1.82, 2.24) is 10.2 Å². The molecule has 0 aromatic carbocycles. The van der Waals surface area contributed by atoms with Crippen LogP contribution in [0.1, 0.15) is 59.3 Å². The molecule has 1 aliphatic heterocycles. The maximum Gasteiger partial charge on any atom is 0.0628 e. The fraction of sp³-hybridized carbons (Fsp3) is 1.00. The van der Waals surface area contributed by atoms with Gasteiger partial charge in [0, 0.05) is 18.6 Å². The second-order valence-corrected chi connectivity index (χ2v) is 7.06. The molecule has 0 spiro atoms. The van der Waals surface area contributed by atoms with Gasteiger partial charge in [0.1, 0.15) is 0 Å². The molecule has 1 saturated heterocycles. The van der Waals surface area contributed by atoms with E-state index in [-0.39, 0.29) is 12.1 Å². The molecule has 0 bridgehead atoms. The fourth-order valence-electron chi connectivity index (χ4n) is 3.66. The summed E-state index contributed by atoms with van der Waals surface area (Å²) in [7, 11) is 0. The van der Waals surface area contributed by atoms with Gasteiger partial charge in [0.2, 0.25) is 0 Å². The van der Waals surface area contributed by atoms with Gasteiger partial charge in [0.05, 0.1) is 12.1 Å². The summed E-state index contributed by atoms with van der Waals surface area (Å²) >= 11 is 0. The van der Waals surface area contributed by atoms with Crippen LogP contribution in [0, 0.1) is 5.92 Å². The largest absolute Gasteiger partial charge is 0.394 e. The van der Waals surface area contributed by atoms with E-state index >= 15 is 0 Å². The predicted octanol–water partition coefficient (Wildman–Crippen LogP) is 2.39. The summed E-state index contributed by atoms with van der Waals surface area (Å²) < 4.78 is 0. The Kier molecular flexibility index (Phi) is 5.27. The van der Waals surface area contributed by atoms with E-state index in [9.17, 15) is 5.11 Å². The minimum absolute atomic E-state index is 0.0627. The smallest absolute Gasteiger partial charge is 0.0628 e. The topological polar surface area (TPSA) is 35.5 Å². The Morgan fingerprint density at radius 1 is 1.21 bits per heavy atom. The van der Waals surface area contributed by atoms with Crippen molar-refractivity contribution in [2.45, 2.75) is 76.9 Å². The molecule has 0 aromatic heterocycles. The molecule has 3 nitrogen and oxygen atoms in total. The quantitative estimate of drug-likeness (QED) is 0.776. The third-order valence-electron chi connectivity index (χ3n) is 4.89. The van der Waals surface area contributed by atoms with Crippen molar-refractivity contribution in [3.8, 4) is 0 Å². The van der Waals surface area contributed by atoms with E-state index in [4.69, 9.17) is 0 Å². The first-order valence-corrected chi connectivity index (χ1v) is 8.20. The Morgan fingerprint density at radius 3 is 2.53 bits per heavy atom. The van der Waals surface area contributed by atoms with E-state index in [1.54, 1.807) is 0 Å². The van der Waals surface area contributed by atoms with Crippen LogP contribution in [-0.4, -0.2) is 47.3 Å². The lowest BCUT2D eigenvalue weighted by Gasteiger charge is -2.41. The minimum Gasteiger partial charge on any atom is -0.394 e. The molecular weight excluding hydrogens is 236 g/mol. The summed E-state index contributed by atoms with van der Waals surface area (Å²) in [6, 6.07) is 1.11. The Morgan fingerprint density at radius 2 is 1.95 bits per heavy atom.